The molecule has 1 atom stereocenters. The van der Waals surface area contributed by atoms with Gasteiger partial charge in [-0.2, -0.15) is 4.31 Å². The Bertz CT molecular complexity index is 1240. The Labute approximate surface area is 198 Å². The highest BCUT2D eigenvalue weighted by Gasteiger charge is 2.26. The molecule has 0 spiro atoms. The van der Waals surface area contributed by atoms with E-state index in [0.29, 0.717) is 31.2 Å². The molecule has 0 amide bonds. The Morgan fingerprint density at radius 1 is 1.00 bits per heavy atom. The largest absolute Gasteiger partial charge is 0.379 e. The van der Waals surface area contributed by atoms with E-state index in [9.17, 15) is 8.42 Å². The summed E-state index contributed by atoms with van der Waals surface area (Å²) >= 11 is 1.58. The zero-order valence-electron chi connectivity index (χ0n) is 18.3. The molecule has 0 unspecified atom stereocenters. The van der Waals surface area contributed by atoms with E-state index in [1.54, 1.807) is 23.5 Å². The highest BCUT2D eigenvalue weighted by molar-refractivity contribution is 7.89. The molecule has 0 radical (unpaired) electrons. The molecule has 2 saturated heterocycles. The standard InChI is InChI=1S/C24H27N3O4S2/c28-33(29,26-12-15-30-16-13-26)22-10-8-19(9-11-22)23-18-32-24(25-20-5-2-1-3-6-20)27(23)17-21-7-4-14-31-21/h1-3,5-6,8-11,18,21H,4,7,12-17H2/t21-/m0/s1. The fourth-order valence-electron chi connectivity index (χ4n) is 4.16. The average molecular weight is 486 g/mol. The second-order valence-electron chi connectivity index (χ2n) is 8.14. The molecule has 7 nitrogen and oxygen atoms in total. The number of sulfonamides is 1. The van der Waals surface area contributed by atoms with E-state index < -0.39 is 10.0 Å². The molecular formula is C24H27N3O4S2. The Hall–Kier alpha value is -2.30. The van der Waals surface area contributed by atoms with Crippen molar-refractivity contribution in [1.82, 2.24) is 8.87 Å². The lowest BCUT2D eigenvalue weighted by molar-refractivity contribution is 0.0730. The van der Waals surface area contributed by atoms with Crippen LogP contribution in [0.1, 0.15) is 12.8 Å². The zero-order valence-corrected chi connectivity index (χ0v) is 19.9. The molecule has 5 rings (SSSR count). The molecule has 174 valence electrons. The van der Waals surface area contributed by atoms with Gasteiger partial charge in [-0.15, -0.1) is 11.3 Å². The van der Waals surface area contributed by atoms with Gasteiger partial charge in [-0.05, 0) is 42.7 Å². The molecule has 0 aliphatic carbocycles. The minimum Gasteiger partial charge on any atom is -0.379 e. The van der Waals surface area contributed by atoms with E-state index in [4.69, 9.17) is 14.5 Å². The number of nitrogens with zero attached hydrogens (tertiary/aromatic N) is 3. The quantitative estimate of drug-likeness (QED) is 0.534. The first kappa shape index (κ1) is 22.5. The number of ether oxygens (including phenoxy) is 2. The molecule has 2 aliphatic rings. The maximum atomic E-state index is 13.0. The molecule has 9 heteroatoms. The van der Waals surface area contributed by atoms with Gasteiger partial charge in [-0.25, -0.2) is 13.4 Å². The van der Waals surface area contributed by atoms with Crippen LogP contribution in [0.5, 0.6) is 0 Å². The number of morpholine rings is 1. The molecule has 2 aromatic carbocycles. The van der Waals surface area contributed by atoms with Crippen LogP contribution < -0.4 is 4.80 Å². The van der Waals surface area contributed by atoms with E-state index in [-0.39, 0.29) is 6.10 Å². The maximum Gasteiger partial charge on any atom is 0.243 e. The van der Waals surface area contributed by atoms with Gasteiger partial charge in [-0.1, -0.05) is 30.3 Å². The van der Waals surface area contributed by atoms with Gasteiger partial charge >= 0.3 is 0 Å². The minimum atomic E-state index is -3.51. The van der Waals surface area contributed by atoms with E-state index >= 15 is 0 Å². The smallest absolute Gasteiger partial charge is 0.243 e. The third-order valence-corrected chi connectivity index (χ3v) is 8.72. The lowest BCUT2D eigenvalue weighted by atomic mass is 10.1. The summed E-state index contributed by atoms with van der Waals surface area (Å²) in [5.74, 6) is 0. The van der Waals surface area contributed by atoms with Gasteiger partial charge in [-0.3, -0.25) is 0 Å². The van der Waals surface area contributed by atoms with Crippen LogP contribution in [-0.4, -0.2) is 56.3 Å². The first-order valence-electron chi connectivity index (χ1n) is 11.2. The summed E-state index contributed by atoms with van der Waals surface area (Å²) in [6, 6.07) is 17.1. The van der Waals surface area contributed by atoms with E-state index in [2.05, 4.69) is 9.95 Å². The highest BCUT2D eigenvalue weighted by Crippen LogP contribution is 2.26. The Morgan fingerprint density at radius 2 is 1.76 bits per heavy atom. The minimum absolute atomic E-state index is 0.161. The van der Waals surface area contributed by atoms with Gasteiger partial charge in [0.25, 0.3) is 0 Å². The van der Waals surface area contributed by atoms with Crippen LogP contribution in [-0.2, 0) is 26.0 Å². The van der Waals surface area contributed by atoms with E-state index in [1.807, 2.05) is 42.5 Å². The van der Waals surface area contributed by atoms with Crippen molar-refractivity contribution in [3.8, 4) is 11.3 Å². The van der Waals surface area contributed by atoms with Crippen molar-refractivity contribution in [1.29, 1.82) is 0 Å². The van der Waals surface area contributed by atoms with Crippen LogP contribution in [0.15, 0.2) is 69.9 Å². The second-order valence-corrected chi connectivity index (χ2v) is 10.9. The Balaban J connectivity index is 1.49. The Kier molecular flexibility index (Phi) is 6.75. The van der Waals surface area contributed by atoms with E-state index in [1.165, 1.54) is 4.31 Å². The van der Waals surface area contributed by atoms with Gasteiger partial charge in [0, 0.05) is 25.1 Å². The maximum absolute atomic E-state index is 13.0. The highest BCUT2D eigenvalue weighted by atomic mass is 32.2. The molecule has 0 saturated carbocycles. The van der Waals surface area contributed by atoms with Gasteiger partial charge in [0.2, 0.25) is 10.0 Å². The van der Waals surface area contributed by atoms with Crippen LogP contribution in [0.4, 0.5) is 5.69 Å². The van der Waals surface area contributed by atoms with Gasteiger partial charge in [0.05, 0.1) is 42.1 Å². The Morgan fingerprint density at radius 3 is 2.45 bits per heavy atom. The molecule has 3 heterocycles. The summed E-state index contributed by atoms with van der Waals surface area (Å²) < 4.78 is 40.8. The summed E-state index contributed by atoms with van der Waals surface area (Å²) in [5, 5.41) is 2.09. The van der Waals surface area contributed by atoms with Crippen LogP contribution in [0.3, 0.4) is 0 Å². The van der Waals surface area contributed by atoms with E-state index in [0.717, 1.165) is 47.7 Å². The third-order valence-electron chi connectivity index (χ3n) is 5.95. The normalized spacial score (nSPS) is 20.4. The van der Waals surface area contributed by atoms with Crippen molar-refractivity contribution in [3.63, 3.8) is 0 Å². The first-order chi connectivity index (χ1) is 16.1. The summed E-state index contributed by atoms with van der Waals surface area (Å²) in [7, 11) is -3.51. The SMILES string of the molecule is O=S(=O)(c1ccc(-c2csc(=Nc3ccccc3)n2C[C@@H]2CCCO2)cc1)N1CCOCC1. The summed E-state index contributed by atoms with van der Waals surface area (Å²) in [6.45, 7) is 3.16. The summed E-state index contributed by atoms with van der Waals surface area (Å²) in [5.41, 5.74) is 2.87. The van der Waals surface area contributed by atoms with Crippen molar-refractivity contribution in [2.45, 2.75) is 30.4 Å². The number of para-hydroxylation sites is 1. The molecule has 1 aromatic heterocycles. The van der Waals surface area contributed by atoms with Crippen LogP contribution in [0.2, 0.25) is 0 Å². The van der Waals surface area contributed by atoms with Gasteiger partial charge < -0.3 is 14.0 Å². The number of thiazole rings is 1. The first-order valence-corrected chi connectivity index (χ1v) is 13.5. The van der Waals surface area contributed by atoms with Crippen LogP contribution in [0.25, 0.3) is 11.3 Å². The second kappa shape index (κ2) is 9.90. The zero-order chi connectivity index (χ0) is 22.7. The molecule has 0 bridgehead atoms. The van der Waals surface area contributed by atoms with Crippen molar-refractivity contribution in [2.24, 2.45) is 4.99 Å². The van der Waals surface area contributed by atoms with Crippen molar-refractivity contribution < 1.29 is 17.9 Å². The number of rotatable bonds is 6. The van der Waals surface area contributed by atoms with Crippen molar-refractivity contribution >= 4 is 27.0 Å². The fraction of sp³-hybridized carbons (Fsp3) is 0.375. The average Bonchev–Trinajstić information content (AvgIpc) is 3.51. The van der Waals surface area contributed by atoms with Crippen molar-refractivity contribution in [3.05, 3.63) is 64.8 Å². The number of benzene rings is 2. The number of hydrogen-bond donors (Lipinski definition) is 0. The van der Waals surface area contributed by atoms with Crippen molar-refractivity contribution in [2.75, 3.05) is 32.9 Å². The molecular weight excluding hydrogens is 458 g/mol. The predicted octanol–water partition coefficient (Wildman–Crippen LogP) is 3.65. The molecule has 2 aliphatic heterocycles. The summed E-state index contributed by atoms with van der Waals surface area (Å²) in [6.07, 6.45) is 2.27. The lowest BCUT2D eigenvalue weighted by Gasteiger charge is -2.26. The third kappa shape index (κ3) is 4.97. The topological polar surface area (TPSA) is 73.1 Å². The molecule has 33 heavy (non-hydrogen) atoms. The monoisotopic (exact) mass is 485 g/mol. The lowest BCUT2D eigenvalue weighted by Crippen LogP contribution is -2.40. The number of hydrogen-bond acceptors (Lipinski definition) is 6. The van der Waals surface area contributed by atoms with Crippen LogP contribution in [0, 0.1) is 0 Å². The fourth-order valence-corrected chi connectivity index (χ4v) is 6.51. The van der Waals surface area contributed by atoms with Crippen LogP contribution >= 0.6 is 11.3 Å². The predicted molar refractivity (Wildman–Crippen MR) is 128 cm³/mol. The van der Waals surface area contributed by atoms with Gasteiger partial charge in [0.1, 0.15) is 0 Å². The molecule has 3 aromatic rings. The molecule has 0 N–H and O–H groups in total. The summed E-state index contributed by atoms with van der Waals surface area (Å²) in [4.78, 5) is 6.07. The van der Waals surface area contributed by atoms with Gasteiger partial charge in [0.15, 0.2) is 4.80 Å². The number of aromatic nitrogens is 1. The molecule has 2 fully saturated rings.